The summed E-state index contributed by atoms with van der Waals surface area (Å²) in [5.74, 6) is -0.963. The molecule has 4 nitrogen and oxygen atoms in total. The third-order valence-corrected chi connectivity index (χ3v) is 2.59. The van der Waals surface area contributed by atoms with Gasteiger partial charge in [-0.3, -0.25) is 9.48 Å². The summed E-state index contributed by atoms with van der Waals surface area (Å²) in [5.41, 5.74) is 1.73. The molecule has 0 radical (unpaired) electrons. The van der Waals surface area contributed by atoms with E-state index in [-0.39, 0.29) is 6.42 Å². The molecule has 0 amide bonds. The molecule has 106 valence electrons. The highest BCUT2D eigenvalue weighted by molar-refractivity contribution is 5.71. The predicted octanol–water partition coefficient (Wildman–Crippen LogP) is 2.74. The molecule has 0 atom stereocenters. The number of halogens is 3. The third-order valence-electron chi connectivity index (χ3n) is 2.59. The van der Waals surface area contributed by atoms with Crippen molar-refractivity contribution >= 4 is 5.97 Å². The molecule has 0 aliphatic rings. The Morgan fingerprint density at radius 2 is 2.05 bits per heavy atom. The summed E-state index contributed by atoms with van der Waals surface area (Å²) >= 11 is 0. The average molecular weight is 284 g/mol. The molecule has 0 fully saturated rings. The lowest BCUT2D eigenvalue weighted by Crippen LogP contribution is -2.17. The summed E-state index contributed by atoms with van der Waals surface area (Å²) < 4.78 is 37.5. The van der Waals surface area contributed by atoms with Crippen molar-refractivity contribution in [3.05, 3.63) is 42.2 Å². The maximum absolute atomic E-state index is 12.2. The highest BCUT2D eigenvalue weighted by Gasteiger charge is 2.28. The fourth-order valence-electron chi connectivity index (χ4n) is 1.82. The number of carboxylic acids is 1. The van der Waals surface area contributed by atoms with Gasteiger partial charge in [0.05, 0.1) is 12.6 Å². The zero-order valence-electron chi connectivity index (χ0n) is 10.3. The van der Waals surface area contributed by atoms with Gasteiger partial charge >= 0.3 is 12.1 Å². The van der Waals surface area contributed by atoms with Crippen LogP contribution in [0.4, 0.5) is 13.2 Å². The van der Waals surface area contributed by atoms with E-state index in [1.807, 2.05) is 0 Å². The first-order chi connectivity index (χ1) is 9.33. The van der Waals surface area contributed by atoms with Crippen molar-refractivity contribution < 1.29 is 23.1 Å². The second-order valence-corrected chi connectivity index (χ2v) is 4.31. The van der Waals surface area contributed by atoms with E-state index in [0.29, 0.717) is 16.7 Å². The molecule has 1 aromatic carbocycles. The SMILES string of the molecule is O=C(O)Cc1cccc(-c2cnn(CC(F)(F)F)c2)c1. The highest BCUT2D eigenvalue weighted by atomic mass is 19.4. The molecule has 20 heavy (non-hydrogen) atoms. The van der Waals surface area contributed by atoms with Crippen molar-refractivity contribution in [3.8, 4) is 11.1 Å². The van der Waals surface area contributed by atoms with Gasteiger partial charge in [0.1, 0.15) is 6.54 Å². The summed E-state index contributed by atoms with van der Waals surface area (Å²) in [5, 5.41) is 12.4. The Morgan fingerprint density at radius 1 is 1.30 bits per heavy atom. The van der Waals surface area contributed by atoms with Crippen LogP contribution < -0.4 is 0 Å². The molecule has 1 heterocycles. The molecule has 0 aliphatic heterocycles. The number of alkyl halides is 3. The molecule has 1 N–H and O–H groups in total. The minimum atomic E-state index is -4.32. The predicted molar refractivity (Wildman–Crippen MR) is 65.1 cm³/mol. The van der Waals surface area contributed by atoms with E-state index in [0.717, 1.165) is 4.68 Å². The second-order valence-electron chi connectivity index (χ2n) is 4.31. The zero-order chi connectivity index (χ0) is 14.8. The first-order valence-electron chi connectivity index (χ1n) is 5.74. The Labute approximate surface area is 112 Å². The smallest absolute Gasteiger partial charge is 0.408 e. The fourth-order valence-corrected chi connectivity index (χ4v) is 1.82. The number of hydrogen-bond donors (Lipinski definition) is 1. The lowest BCUT2D eigenvalue weighted by molar-refractivity contribution is -0.142. The molecule has 0 unspecified atom stereocenters. The topological polar surface area (TPSA) is 55.1 Å². The molecule has 7 heteroatoms. The van der Waals surface area contributed by atoms with Crippen molar-refractivity contribution in [1.82, 2.24) is 9.78 Å². The van der Waals surface area contributed by atoms with Gasteiger partial charge in [-0.1, -0.05) is 24.3 Å². The fraction of sp³-hybridized carbons (Fsp3) is 0.231. The molecule has 2 rings (SSSR count). The summed E-state index contributed by atoms with van der Waals surface area (Å²) in [4.78, 5) is 10.6. The molecule has 0 saturated carbocycles. The quantitative estimate of drug-likeness (QED) is 0.939. The van der Waals surface area contributed by atoms with E-state index in [9.17, 15) is 18.0 Å². The summed E-state index contributed by atoms with van der Waals surface area (Å²) in [7, 11) is 0. The maximum atomic E-state index is 12.2. The average Bonchev–Trinajstić information content (AvgIpc) is 2.74. The van der Waals surface area contributed by atoms with Crippen LogP contribution in [0.1, 0.15) is 5.56 Å². The Hall–Kier alpha value is -2.31. The van der Waals surface area contributed by atoms with E-state index in [4.69, 9.17) is 5.11 Å². The number of carboxylic acid groups (broad SMARTS) is 1. The van der Waals surface area contributed by atoms with Crippen molar-refractivity contribution in [2.75, 3.05) is 0 Å². The maximum Gasteiger partial charge on any atom is 0.408 e. The van der Waals surface area contributed by atoms with Crippen molar-refractivity contribution in [2.45, 2.75) is 19.1 Å². The Kier molecular flexibility index (Phi) is 3.78. The van der Waals surface area contributed by atoms with Crippen LogP contribution in [0.5, 0.6) is 0 Å². The first kappa shape index (κ1) is 14.1. The van der Waals surface area contributed by atoms with E-state index >= 15 is 0 Å². The Morgan fingerprint density at radius 3 is 2.70 bits per heavy atom. The molecular weight excluding hydrogens is 273 g/mol. The van der Waals surface area contributed by atoms with Crippen molar-refractivity contribution in [3.63, 3.8) is 0 Å². The van der Waals surface area contributed by atoms with Gasteiger partial charge < -0.3 is 5.11 Å². The lowest BCUT2D eigenvalue weighted by atomic mass is 10.0. The van der Waals surface area contributed by atoms with Crippen LogP contribution >= 0.6 is 0 Å². The molecule has 1 aromatic heterocycles. The van der Waals surface area contributed by atoms with Crippen LogP contribution in [0.25, 0.3) is 11.1 Å². The number of hydrogen-bond acceptors (Lipinski definition) is 2. The van der Waals surface area contributed by atoms with Gasteiger partial charge in [-0.15, -0.1) is 0 Å². The minimum absolute atomic E-state index is 0.134. The number of aromatic nitrogens is 2. The van der Waals surface area contributed by atoms with Gasteiger partial charge in [-0.25, -0.2) is 0 Å². The molecule has 0 bridgehead atoms. The number of aliphatic carboxylic acids is 1. The summed E-state index contributed by atoms with van der Waals surface area (Å²) in [6.07, 6.45) is -1.85. The zero-order valence-corrected chi connectivity index (χ0v) is 10.3. The monoisotopic (exact) mass is 284 g/mol. The standard InChI is InChI=1S/C13H11F3N2O2/c14-13(15,16)8-18-7-11(6-17-18)10-3-1-2-9(4-10)5-12(19)20/h1-4,6-7H,5,8H2,(H,19,20). The van der Waals surface area contributed by atoms with Gasteiger partial charge in [-0.05, 0) is 11.1 Å². The lowest BCUT2D eigenvalue weighted by Gasteiger charge is -2.05. The van der Waals surface area contributed by atoms with Crippen LogP contribution in [-0.2, 0) is 17.8 Å². The normalized spacial score (nSPS) is 11.6. The van der Waals surface area contributed by atoms with E-state index in [1.54, 1.807) is 24.3 Å². The van der Waals surface area contributed by atoms with Crippen molar-refractivity contribution in [2.24, 2.45) is 0 Å². The van der Waals surface area contributed by atoms with E-state index in [1.165, 1.54) is 12.4 Å². The summed E-state index contributed by atoms with van der Waals surface area (Å²) in [6, 6.07) is 6.63. The molecule has 0 aliphatic carbocycles. The van der Waals surface area contributed by atoms with Gasteiger partial charge in [0.2, 0.25) is 0 Å². The van der Waals surface area contributed by atoms with E-state index < -0.39 is 18.7 Å². The van der Waals surface area contributed by atoms with Gasteiger partial charge in [0, 0.05) is 11.8 Å². The first-order valence-corrected chi connectivity index (χ1v) is 5.74. The van der Waals surface area contributed by atoms with Crippen LogP contribution in [0.15, 0.2) is 36.7 Å². The number of nitrogens with zero attached hydrogens (tertiary/aromatic N) is 2. The van der Waals surface area contributed by atoms with Gasteiger partial charge in [0.25, 0.3) is 0 Å². The molecule has 0 spiro atoms. The number of benzene rings is 1. The molecule has 2 aromatic rings. The van der Waals surface area contributed by atoms with Crippen LogP contribution in [0.3, 0.4) is 0 Å². The van der Waals surface area contributed by atoms with E-state index in [2.05, 4.69) is 5.10 Å². The Balaban J connectivity index is 2.21. The minimum Gasteiger partial charge on any atom is -0.481 e. The van der Waals surface area contributed by atoms with Gasteiger partial charge in [0.15, 0.2) is 0 Å². The Bertz CT molecular complexity index is 620. The molecular formula is C13H11F3N2O2. The third kappa shape index (κ3) is 3.84. The second kappa shape index (κ2) is 5.36. The summed E-state index contributed by atoms with van der Waals surface area (Å²) in [6.45, 7) is -1.15. The van der Waals surface area contributed by atoms with Crippen LogP contribution in [0, 0.1) is 0 Å². The van der Waals surface area contributed by atoms with Crippen LogP contribution in [-0.4, -0.2) is 27.0 Å². The number of carbonyl (C=O) groups is 1. The van der Waals surface area contributed by atoms with Crippen LogP contribution in [0.2, 0.25) is 0 Å². The van der Waals surface area contributed by atoms with Crippen molar-refractivity contribution in [1.29, 1.82) is 0 Å². The highest BCUT2D eigenvalue weighted by Crippen LogP contribution is 2.22. The van der Waals surface area contributed by atoms with Gasteiger partial charge in [-0.2, -0.15) is 18.3 Å². The number of rotatable bonds is 4. The largest absolute Gasteiger partial charge is 0.481 e. The molecule has 0 saturated heterocycles.